The van der Waals surface area contributed by atoms with Gasteiger partial charge in [-0.3, -0.25) is 4.90 Å². The third kappa shape index (κ3) is 6.74. The maximum atomic E-state index is 14.1. The minimum absolute atomic E-state index is 0. The number of quaternary nitrogens is 1. The topological polar surface area (TPSA) is 29.5 Å². The van der Waals surface area contributed by atoms with Crippen LogP contribution < -0.4 is 21.9 Å². The molecule has 0 aromatic heterocycles. The average Bonchev–Trinajstić information content (AvgIpc) is 2.90. The van der Waals surface area contributed by atoms with E-state index in [0.29, 0.717) is 16.6 Å². The largest absolute Gasteiger partial charge is 1.00 e. The van der Waals surface area contributed by atoms with Gasteiger partial charge >= 0.3 is 6.09 Å². The number of piperidine rings is 3. The van der Waals surface area contributed by atoms with Crippen molar-refractivity contribution >= 4 is 23.5 Å². The Balaban J connectivity index is 0.00000336. The Morgan fingerprint density at radius 2 is 1.63 bits per heavy atom. The van der Waals surface area contributed by atoms with Crippen molar-refractivity contribution < 1.29 is 44.2 Å². The van der Waals surface area contributed by atoms with Crippen molar-refractivity contribution in [3.05, 3.63) is 95.8 Å². The van der Waals surface area contributed by atoms with E-state index in [2.05, 4.69) is 0 Å². The third-order valence-corrected chi connectivity index (χ3v) is 8.58. The molecule has 9 heteroatoms. The van der Waals surface area contributed by atoms with Crippen LogP contribution in [0.15, 0.2) is 77.7 Å². The molecule has 3 fully saturated rings. The van der Waals surface area contributed by atoms with E-state index in [1.54, 1.807) is 17.0 Å². The van der Waals surface area contributed by atoms with Gasteiger partial charge in [0, 0.05) is 41.2 Å². The summed E-state index contributed by atoms with van der Waals surface area (Å²) in [5.41, 5.74) is 1.53. The Kier molecular flexibility index (Phi) is 9.44. The second kappa shape index (κ2) is 12.6. The number of rotatable bonds is 8. The first kappa shape index (κ1) is 28.5. The number of hydrogen-bond donors (Lipinski definition) is 0. The molecular weight excluding hydrogens is 577 g/mol. The van der Waals surface area contributed by atoms with Gasteiger partial charge in [-0.25, -0.2) is 18.0 Å². The summed E-state index contributed by atoms with van der Waals surface area (Å²) in [5.74, 6) is -0.394. The predicted octanol–water partition coefficient (Wildman–Crippen LogP) is 3.65. The van der Waals surface area contributed by atoms with Gasteiger partial charge in [-0.05, 0) is 42.0 Å². The lowest BCUT2D eigenvalue weighted by Crippen LogP contribution is -3.00. The van der Waals surface area contributed by atoms with Crippen LogP contribution in [0.25, 0.3) is 0 Å². The SMILES string of the molecule is O=C(O[C@H]1C[N+]2(CCSc3ccc(F)cc3F)CCC1CC2)N(Cc1ccc(F)cc1)c1ccccc1.[Br-]. The summed E-state index contributed by atoms with van der Waals surface area (Å²) in [7, 11) is 0. The molecule has 6 rings (SSSR count). The predicted molar refractivity (Wildman–Crippen MR) is 139 cm³/mol. The molecule has 4 nitrogen and oxygen atoms in total. The van der Waals surface area contributed by atoms with E-state index >= 15 is 0 Å². The third-order valence-electron chi connectivity index (χ3n) is 7.55. The minimum atomic E-state index is -0.574. The highest BCUT2D eigenvalue weighted by Gasteiger charge is 2.47. The minimum Gasteiger partial charge on any atom is -1.00 e. The lowest BCUT2D eigenvalue weighted by atomic mass is 9.83. The van der Waals surface area contributed by atoms with E-state index < -0.39 is 17.7 Å². The number of fused-ring (bicyclic) bond motifs is 3. The molecule has 3 aliphatic heterocycles. The molecule has 3 aromatic carbocycles. The summed E-state index contributed by atoms with van der Waals surface area (Å²) in [6.45, 7) is 3.88. The molecule has 3 aromatic rings. The number of halogens is 4. The lowest BCUT2D eigenvalue weighted by molar-refractivity contribution is -0.943. The summed E-state index contributed by atoms with van der Waals surface area (Å²) in [6, 6.07) is 19.2. The first-order valence-electron chi connectivity index (χ1n) is 12.6. The van der Waals surface area contributed by atoms with Gasteiger partial charge < -0.3 is 26.2 Å². The number of ether oxygens (including phenoxy) is 1. The summed E-state index contributed by atoms with van der Waals surface area (Å²) < 4.78 is 47.7. The summed E-state index contributed by atoms with van der Waals surface area (Å²) in [6.07, 6.45) is 1.37. The fourth-order valence-corrected chi connectivity index (χ4v) is 6.50. The molecule has 0 N–H and O–H groups in total. The molecule has 0 unspecified atom stereocenters. The van der Waals surface area contributed by atoms with E-state index in [-0.39, 0.29) is 35.4 Å². The van der Waals surface area contributed by atoms with Crippen LogP contribution in [0.3, 0.4) is 0 Å². The van der Waals surface area contributed by atoms with Crippen molar-refractivity contribution in [1.29, 1.82) is 0 Å². The quantitative estimate of drug-likeness (QED) is 0.290. The van der Waals surface area contributed by atoms with Crippen molar-refractivity contribution in [1.82, 2.24) is 0 Å². The zero-order chi connectivity index (χ0) is 25.8. The molecule has 1 amide bonds. The molecule has 202 valence electrons. The van der Waals surface area contributed by atoms with Gasteiger partial charge in [0.05, 0.1) is 26.2 Å². The molecule has 1 atom stereocenters. The second-order valence-electron chi connectivity index (χ2n) is 9.93. The van der Waals surface area contributed by atoms with E-state index in [0.717, 1.165) is 60.8 Å². The zero-order valence-corrected chi connectivity index (χ0v) is 23.3. The number of carbonyl (C=O) groups is 1. The van der Waals surface area contributed by atoms with Crippen LogP contribution in [0.5, 0.6) is 0 Å². The molecule has 0 saturated carbocycles. The number of para-hydroxylation sites is 1. The number of amides is 1. The Hall–Kier alpha value is -2.49. The molecule has 3 saturated heterocycles. The smallest absolute Gasteiger partial charge is 0.415 e. The Morgan fingerprint density at radius 1 is 0.947 bits per heavy atom. The average molecular weight is 608 g/mol. The van der Waals surface area contributed by atoms with Gasteiger partial charge in [0.25, 0.3) is 0 Å². The maximum Gasteiger partial charge on any atom is 0.415 e. The van der Waals surface area contributed by atoms with Crippen molar-refractivity contribution in [3.8, 4) is 0 Å². The summed E-state index contributed by atoms with van der Waals surface area (Å²) in [5, 5.41) is 0. The van der Waals surface area contributed by atoms with E-state index in [9.17, 15) is 18.0 Å². The van der Waals surface area contributed by atoms with Crippen LogP contribution in [0.4, 0.5) is 23.7 Å². The van der Waals surface area contributed by atoms with E-state index in [1.165, 1.54) is 36.0 Å². The van der Waals surface area contributed by atoms with E-state index in [4.69, 9.17) is 4.74 Å². The van der Waals surface area contributed by atoms with Gasteiger partial charge in [-0.1, -0.05) is 30.3 Å². The molecule has 3 heterocycles. The van der Waals surface area contributed by atoms with Crippen LogP contribution in [-0.4, -0.2) is 48.6 Å². The van der Waals surface area contributed by atoms with Gasteiger partial charge in [0.15, 0.2) is 6.10 Å². The molecule has 0 aliphatic carbocycles. The Morgan fingerprint density at radius 3 is 2.32 bits per heavy atom. The molecular formula is C29H30BrF3N2O2S. The molecule has 0 spiro atoms. The summed E-state index contributed by atoms with van der Waals surface area (Å²) in [4.78, 5) is 15.5. The van der Waals surface area contributed by atoms with Gasteiger partial charge in [0.1, 0.15) is 24.0 Å². The molecule has 3 aliphatic rings. The summed E-state index contributed by atoms with van der Waals surface area (Å²) >= 11 is 1.40. The highest BCUT2D eigenvalue weighted by molar-refractivity contribution is 7.99. The molecule has 38 heavy (non-hydrogen) atoms. The Bertz CT molecular complexity index is 1220. The molecule has 2 bridgehead atoms. The van der Waals surface area contributed by atoms with Crippen molar-refractivity contribution in [2.45, 2.75) is 30.4 Å². The van der Waals surface area contributed by atoms with Crippen LogP contribution >= 0.6 is 11.8 Å². The van der Waals surface area contributed by atoms with Gasteiger partial charge in [0.2, 0.25) is 0 Å². The lowest BCUT2D eigenvalue weighted by Gasteiger charge is -2.52. The maximum absolute atomic E-state index is 14.1. The highest BCUT2D eigenvalue weighted by atomic mass is 79.9. The number of hydrogen-bond acceptors (Lipinski definition) is 3. The van der Waals surface area contributed by atoms with Crippen LogP contribution in [0.2, 0.25) is 0 Å². The first-order chi connectivity index (χ1) is 17.9. The highest BCUT2D eigenvalue weighted by Crippen LogP contribution is 2.37. The van der Waals surface area contributed by atoms with Gasteiger partial charge in [-0.15, -0.1) is 11.8 Å². The van der Waals surface area contributed by atoms with E-state index in [1.807, 2.05) is 30.3 Å². The normalized spacial score (nSPS) is 22.0. The number of benzene rings is 3. The van der Waals surface area contributed by atoms with Crippen molar-refractivity contribution in [2.75, 3.05) is 36.8 Å². The van der Waals surface area contributed by atoms with Gasteiger partial charge in [-0.2, -0.15) is 0 Å². The van der Waals surface area contributed by atoms with Crippen LogP contribution in [0.1, 0.15) is 18.4 Å². The number of carbonyl (C=O) groups excluding carboxylic acids is 1. The monoisotopic (exact) mass is 606 g/mol. The number of nitrogens with zero attached hydrogens (tertiary/aromatic N) is 2. The zero-order valence-electron chi connectivity index (χ0n) is 20.9. The second-order valence-corrected chi connectivity index (χ2v) is 11.1. The van der Waals surface area contributed by atoms with Crippen LogP contribution in [-0.2, 0) is 11.3 Å². The van der Waals surface area contributed by atoms with Crippen molar-refractivity contribution in [2.24, 2.45) is 5.92 Å². The first-order valence-corrected chi connectivity index (χ1v) is 13.6. The number of anilines is 1. The fraction of sp³-hybridized carbons (Fsp3) is 0.345. The van der Waals surface area contributed by atoms with Crippen molar-refractivity contribution in [3.63, 3.8) is 0 Å². The Labute approximate surface area is 236 Å². The van der Waals surface area contributed by atoms with Crippen LogP contribution in [0, 0.1) is 23.4 Å². The number of thioether (sulfide) groups is 1. The fourth-order valence-electron chi connectivity index (χ4n) is 5.45. The molecule has 0 radical (unpaired) electrons. The standard InChI is InChI=1S/C29H30F3N2O2S.BrH/c30-23-8-6-21(7-9-23)19-33(25-4-2-1-3-5-25)29(35)36-27-20-34(14-12-22(27)13-15-34)16-17-37-28-11-10-24(31)18-26(28)32;/h1-11,18,22,27H,12-17,19-20H2;1H/q+1;/p-1/t22?,27-,34?;/m0./s1.